The molecular weight excluding hydrogens is 385 g/mol. The lowest BCUT2D eigenvalue weighted by molar-refractivity contribution is -0.137. The third-order valence-electron chi connectivity index (χ3n) is 4.75. The molecule has 0 spiro atoms. The summed E-state index contributed by atoms with van der Waals surface area (Å²) in [4.78, 5) is 39.1. The third-order valence-corrected chi connectivity index (χ3v) is 4.75. The van der Waals surface area contributed by atoms with Crippen molar-refractivity contribution in [3.8, 4) is 0 Å². The molecule has 1 aliphatic heterocycles. The number of nitrogens with zero attached hydrogens (tertiary/aromatic N) is 1. The maximum absolute atomic E-state index is 12.8. The highest BCUT2D eigenvalue weighted by Gasteiger charge is 2.43. The first-order chi connectivity index (χ1) is 13.6. The first-order valence-electron chi connectivity index (χ1n) is 9.02. The minimum Gasteiger partial charge on any atom is -0.350 e. The summed E-state index contributed by atoms with van der Waals surface area (Å²) in [5.41, 5.74) is 0.187. The zero-order valence-electron chi connectivity index (χ0n) is 15.8. The van der Waals surface area contributed by atoms with Crippen molar-refractivity contribution < 1.29 is 27.6 Å². The Balaban J connectivity index is 1.74. The van der Waals surface area contributed by atoms with E-state index in [1.54, 1.807) is 26.0 Å². The molecule has 0 aliphatic carbocycles. The highest BCUT2D eigenvalue weighted by Crippen LogP contribution is 2.29. The summed E-state index contributed by atoms with van der Waals surface area (Å²) >= 11 is 0. The van der Waals surface area contributed by atoms with Gasteiger partial charge in [0.2, 0.25) is 5.91 Å². The molecule has 1 atom stereocenters. The molecule has 3 rings (SSSR count). The van der Waals surface area contributed by atoms with Crippen molar-refractivity contribution >= 4 is 17.7 Å². The van der Waals surface area contributed by atoms with Crippen LogP contribution in [0.25, 0.3) is 0 Å². The van der Waals surface area contributed by atoms with Gasteiger partial charge in [0.1, 0.15) is 6.04 Å². The van der Waals surface area contributed by atoms with E-state index in [2.05, 4.69) is 5.32 Å². The second-order valence-electron chi connectivity index (χ2n) is 7.13. The molecule has 0 unspecified atom stereocenters. The molecule has 0 saturated carbocycles. The molecule has 0 radical (unpaired) electrons. The summed E-state index contributed by atoms with van der Waals surface area (Å²) in [5.74, 6) is -1.97. The summed E-state index contributed by atoms with van der Waals surface area (Å²) in [6.45, 7) is 3.40. The molecule has 0 aromatic heterocycles. The van der Waals surface area contributed by atoms with Crippen molar-refractivity contribution in [2.75, 3.05) is 0 Å². The Hall–Kier alpha value is -3.16. The number of hydrogen-bond donors (Lipinski definition) is 1. The van der Waals surface area contributed by atoms with E-state index in [-0.39, 0.29) is 23.6 Å². The molecule has 2 aromatic carbocycles. The number of benzene rings is 2. The zero-order valence-corrected chi connectivity index (χ0v) is 15.8. The first-order valence-corrected chi connectivity index (χ1v) is 9.02. The van der Waals surface area contributed by atoms with Crippen molar-refractivity contribution in [1.29, 1.82) is 0 Å². The van der Waals surface area contributed by atoms with Gasteiger partial charge in [-0.1, -0.05) is 38.1 Å². The van der Waals surface area contributed by atoms with Crippen molar-refractivity contribution in [1.82, 2.24) is 10.2 Å². The molecule has 0 bridgehead atoms. The highest BCUT2D eigenvalue weighted by atomic mass is 19.4. The van der Waals surface area contributed by atoms with E-state index < -0.39 is 35.5 Å². The van der Waals surface area contributed by atoms with Crippen LogP contribution in [0.15, 0.2) is 48.5 Å². The van der Waals surface area contributed by atoms with Crippen LogP contribution in [0.5, 0.6) is 0 Å². The molecule has 5 nitrogen and oxygen atoms in total. The zero-order chi connectivity index (χ0) is 21.3. The van der Waals surface area contributed by atoms with E-state index in [9.17, 15) is 27.6 Å². The summed E-state index contributed by atoms with van der Waals surface area (Å²) in [7, 11) is 0. The molecule has 1 N–H and O–H groups in total. The van der Waals surface area contributed by atoms with Gasteiger partial charge in [-0.2, -0.15) is 13.2 Å². The predicted molar refractivity (Wildman–Crippen MR) is 98.9 cm³/mol. The Morgan fingerprint density at radius 3 is 1.93 bits per heavy atom. The van der Waals surface area contributed by atoms with Crippen LogP contribution in [0, 0.1) is 5.92 Å². The summed E-state index contributed by atoms with van der Waals surface area (Å²) in [5, 5.41) is 2.62. The van der Waals surface area contributed by atoms with E-state index in [1.165, 1.54) is 24.3 Å². The Morgan fingerprint density at radius 1 is 0.966 bits per heavy atom. The molecule has 0 saturated heterocycles. The van der Waals surface area contributed by atoms with Gasteiger partial charge < -0.3 is 5.32 Å². The average Bonchev–Trinajstić information content (AvgIpc) is 2.91. The fraction of sp³-hybridized carbons (Fsp3) is 0.286. The van der Waals surface area contributed by atoms with Crippen LogP contribution in [0.2, 0.25) is 0 Å². The maximum atomic E-state index is 12.8. The van der Waals surface area contributed by atoms with Gasteiger partial charge in [-0.25, -0.2) is 0 Å². The topological polar surface area (TPSA) is 66.5 Å². The van der Waals surface area contributed by atoms with Crippen LogP contribution in [0.3, 0.4) is 0 Å². The number of rotatable bonds is 5. The van der Waals surface area contributed by atoms with Crippen LogP contribution >= 0.6 is 0 Å². The van der Waals surface area contributed by atoms with Crippen LogP contribution < -0.4 is 5.32 Å². The third kappa shape index (κ3) is 4.01. The number of alkyl halides is 3. The van der Waals surface area contributed by atoms with Crippen LogP contribution in [-0.4, -0.2) is 28.7 Å². The first kappa shape index (κ1) is 20.6. The van der Waals surface area contributed by atoms with Gasteiger partial charge in [-0.05, 0) is 35.7 Å². The van der Waals surface area contributed by atoms with E-state index in [0.717, 1.165) is 17.0 Å². The Labute approximate surface area is 165 Å². The molecule has 0 fully saturated rings. The molecule has 152 valence electrons. The van der Waals surface area contributed by atoms with Gasteiger partial charge in [-0.3, -0.25) is 19.3 Å². The summed E-state index contributed by atoms with van der Waals surface area (Å²) < 4.78 is 37.9. The van der Waals surface area contributed by atoms with Crippen LogP contribution in [-0.2, 0) is 17.5 Å². The van der Waals surface area contributed by atoms with Crippen molar-refractivity contribution in [2.24, 2.45) is 5.92 Å². The maximum Gasteiger partial charge on any atom is 0.416 e. The van der Waals surface area contributed by atoms with Gasteiger partial charge >= 0.3 is 6.18 Å². The van der Waals surface area contributed by atoms with Crippen LogP contribution in [0.4, 0.5) is 13.2 Å². The number of carbonyl (C=O) groups excluding carboxylic acids is 3. The number of halogens is 3. The number of imide groups is 1. The molecule has 8 heteroatoms. The summed E-state index contributed by atoms with van der Waals surface area (Å²) in [6.07, 6.45) is -4.43. The monoisotopic (exact) mass is 404 g/mol. The van der Waals surface area contributed by atoms with Crippen molar-refractivity contribution in [3.05, 3.63) is 70.8 Å². The fourth-order valence-electron chi connectivity index (χ4n) is 3.28. The quantitative estimate of drug-likeness (QED) is 0.774. The second kappa shape index (κ2) is 7.69. The lowest BCUT2D eigenvalue weighted by atomic mass is 10.0. The second-order valence-corrected chi connectivity index (χ2v) is 7.13. The minimum atomic E-state index is -4.43. The van der Waals surface area contributed by atoms with Gasteiger partial charge in [-0.15, -0.1) is 0 Å². The number of amides is 3. The normalized spacial score (nSPS) is 14.9. The molecule has 3 amide bonds. The van der Waals surface area contributed by atoms with Crippen LogP contribution in [0.1, 0.15) is 45.7 Å². The predicted octanol–water partition coefficient (Wildman–Crippen LogP) is 3.64. The van der Waals surface area contributed by atoms with Crippen molar-refractivity contribution in [3.63, 3.8) is 0 Å². The fourth-order valence-corrected chi connectivity index (χ4v) is 3.28. The Morgan fingerprint density at radius 2 is 1.48 bits per heavy atom. The molecule has 1 heterocycles. The lowest BCUT2D eigenvalue weighted by Gasteiger charge is -2.28. The minimum absolute atomic E-state index is 0.0244. The molecule has 29 heavy (non-hydrogen) atoms. The SMILES string of the molecule is CC(C)[C@@H](C(=O)NCc1ccc(C(F)(F)F)cc1)N1C(=O)c2ccccc2C1=O. The average molecular weight is 404 g/mol. The molecule has 1 aliphatic rings. The number of nitrogens with one attached hydrogen (secondary N) is 1. The Kier molecular flexibility index (Phi) is 5.46. The number of carbonyl (C=O) groups is 3. The van der Waals surface area contributed by atoms with Gasteiger partial charge in [0.05, 0.1) is 16.7 Å². The Bertz CT molecular complexity index is 917. The van der Waals surface area contributed by atoms with Gasteiger partial charge in [0, 0.05) is 6.54 Å². The number of fused-ring (bicyclic) bond motifs is 1. The smallest absolute Gasteiger partial charge is 0.350 e. The van der Waals surface area contributed by atoms with E-state index >= 15 is 0 Å². The lowest BCUT2D eigenvalue weighted by Crippen LogP contribution is -2.52. The highest BCUT2D eigenvalue weighted by molar-refractivity contribution is 6.22. The molecule has 2 aromatic rings. The summed E-state index contributed by atoms with van der Waals surface area (Å²) in [6, 6.07) is 9.74. The van der Waals surface area contributed by atoms with Crippen molar-refractivity contribution in [2.45, 2.75) is 32.6 Å². The standard InChI is InChI=1S/C21H19F3N2O3/c1-12(2)17(26-19(28)15-5-3-4-6-16(15)20(26)29)18(27)25-11-13-7-9-14(10-8-13)21(22,23)24/h3-10,12,17H,11H2,1-2H3,(H,25,27)/t17-/m0/s1. The number of hydrogen-bond acceptors (Lipinski definition) is 3. The van der Waals surface area contributed by atoms with Gasteiger partial charge in [0.15, 0.2) is 0 Å². The van der Waals surface area contributed by atoms with E-state index in [4.69, 9.17) is 0 Å². The largest absolute Gasteiger partial charge is 0.416 e. The van der Waals surface area contributed by atoms with E-state index in [1.807, 2.05) is 0 Å². The van der Waals surface area contributed by atoms with E-state index in [0.29, 0.717) is 5.56 Å². The molecular formula is C21H19F3N2O3. The van der Waals surface area contributed by atoms with Gasteiger partial charge in [0.25, 0.3) is 11.8 Å².